The highest BCUT2D eigenvalue weighted by Crippen LogP contribution is 2.32. The zero-order valence-electron chi connectivity index (χ0n) is 11.1. The van der Waals surface area contributed by atoms with Crippen molar-refractivity contribution >= 4 is 0 Å². The Morgan fingerprint density at radius 1 is 1.10 bits per heavy atom. The summed E-state index contributed by atoms with van der Waals surface area (Å²) in [5.74, 6) is -0.628. The van der Waals surface area contributed by atoms with Gasteiger partial charge in [0.1, 0.15) is 6.61 Å². The number of aliphatic hydroxyl groups is 1. The lowest BCUT2D eigenvalue weighted by atomic mass is 10.0. The molecule has 3 rings (SSSR count). The predicted octanol–water partition coefficient (Wildman–Crippen LogP) is 2.71. The summed E-state index contributed by atoms with van der Waals surface area (Å²) in [6.07, 6.45) is -1.26. The summed E-state index contributed by atoms with van der Waals surface area (Å²) in [6, 6.07) is 10.8. The van der Waals surface area contributed by atoms with E-state index in [0.717, 1.165) is 12.1 Å². The van der Waals surface area contributed by atoms with Gasteiger partial charge in [-0.05, 0) is 29.8 Å². The van der Waals surface area contributed by atoms with Crippen LogP contribution >= 0.6 is 0 Å². The summed E-state index contributed by atoms with van der Waals surface area (Å²) < 4.78 is 37.2. The van der Waals surface area contributed by atoms with E-state index in [1.807, 2.05) is 12.1 Å². The Morgan fingerprint density at radius 3 is 2.62 bits per heavy atom. The molecule has 1 aliphatic heterocycles. The van der Waals surface area contributed by atoms with Gasteiger partial charge in [-0.15, -0.1) is 0 Å². The van der Waals surface area contributed by atoms with Crippen molar-refractivity contribution < 1.29 is 23.4 Å². The van der Waals surface area contributed by atoms with Crippen LogP contribution in [0.1, 0.15) is 5.56 Å². The number of rotatable bonds is 3. The van der Waals surface area contributed by atoms with E-state index in [2.05, 4.69) is 0 Å². The molecule has 2 aromatic rings. The van der Waals surface area contributed by atoms with E-state index in [-0.39, 0.29) is 13.0 Å². The van der Waals surface area contributed by atoms with Crippen LogP contribution < -0.4 is 9.47 Å². The maximum atomic E-state index is 13.2. The molecule has 3 nitrogen and oxygen atoms in total. The Bertz CT molecular complexity index is 645. The van der Waals surface area contributed by atoms with Crippen molar-refractivity contribution in [1.82, 2.24) is 0 Å². The maximum absolute atomic E-state index is 13.2. The minimum Gasteiger partial charge on any atom is -0.486 e. The predicted molar refractivity (Wildman–Crippen MR) is 72.4 cm³/mol. The van der Waals surface area contributed by atoms with E-state index in [1.54, 1.807) is 12.1 Å². The highest BCUT2D eigenvalue weighted by molar-refractivity contribution is 5.40. The Kier molecular flexibility index (Phi) is 3.75. The van der Waals surface area contributed by atoms with E-state index < -0.39 is 23.8 Å². The number of aliphatic hydroxyl groups excluding tert-OH is 1. The number of hydrogen-bond acceptors (Lipinski definition) is 3. The van der Waals surface area contributed by atoms with Crippen molar-refractivity contribution in [3.05, 3.63) is 59.7 Å². The standard InChI is InChI=1S/C16H14F2O3/c17-11-6-5-10(7-12(11)18)8-13(19)16-9-20-14-3-1-2-4-15(14)21-16/h1-7,13,16,19H,8-9H2. The Hall–Kier alpha value is -2.14. The molecule has 0 fully saturated rings. The lowest BCUT2D eigenvalue weighted by Gasteiger charge is -2.29. The van der Waals surface area contributed by atoms with Crippen molar-refractivity contribution in [3.63, 3.8) is 0 Å². The minimum atomic E-state index is -0.925. The van der Waals surface area contributed by atoms with Gasteiger partial charge in [0, 0.05) is 6.42 Å². The summed E-state index contributed by atoms with van der Waals surface area (Å²) in [5, 5.41) is 10.2. The molecule has 2 atom stereocenters. The Morgan fingerprint density at radius 2 is 1.86 bits per heavy atom. The average Bonchev–Trinajstić information content (AvgIpc) is 2.50. The summed E-state index contributed by atoms with van der Waals surface area (Å²) in [7, 11) is 0. The van der Waals surface area contributed by atoms with Gasteiger partial charge in [0.15, 0.2) is 29.2 Å². The average molecular weight is 292 g/mol. The first-order valence-electron chi connectivity index (χ1n) is 6.64. The molecule has 1 heterocycles. The van der Waals surface area contributed by atoms with Crippen LogP contribution in [0.5, 0.6) is 11.5 Å². The van der Waals surface area contributed by atoms with Gasteiger partial charge < -0.3 is 14.6 Å². The van der Waals surface area contributed by atoms with E-state index in [4.69, 9.17) is 9.47 Å². The summed E-state index contributed by atoms with van der Waals surface area (Å²) >= 11 is 0. The smallest absolute Gasteiger partial charge is 0.161 e. The molecule has 0 aliphatic carbocycles. The molecule has 2 unspecified atom stereocenters. The van der Waals surface area contributed by atoms with Gasteiger partial charge >= 0.3 is 0 Å². The van der Waals surface area contributed by atoms with Crippen LogP contribution in [-0.4, -0.2) is 23.9 Å². The second kappa shape index (κ2) is 5.69. The van der Waals surface area contributed by atoms with Crippen molar-refractivity contribution in [2.75, 3.05) is 6.61 Å². The largest absolute Gasteiger partial charge is 0.486 e. The summed E-state index contributed by atoms with van der Waals surface area (Å²) in [6.45, 7) is 0.210. The zero-order valence-corrected chi connectivity index (χ0v) is 11.1. The van der Waals surface area contributed by atoms with Crippen LogP contribution in [0.3, 0.4) is 0 Å². The molecule has 2 aromatic carbocycles. The maximum Gasteiger partial charge on any atom is 0.161 e. The first kappa shape index (κ1) is 13.8. The normalized spacial score (nSPS) is 18.3. The number of hydrogen-bond donors (Lipinski definition) is 1. The molecule has 0 aromatic heterocycles. The molecule has 0 radical (unpaired) electrons. The van der Waals surface area contributed by atoms with E-state index in [1.165, 1.54) is 6.07 Å². The van der Waals surface area contributed by atoms with Crippen molar-refractivity contribution in [2.45, 2.75) is 18.6 Å². The van der Waals surface area contributed by atoms with Crippen LogP contribution in [0.2, 0.25) is 0 Å². The zero-order chi connectivity index (χ0) is 14.8. The number of ether oxygens (including phenoxy) is 2. The molecule has 1 N–H and O–H groups in total. The number of para-hydroxylation sites is 2. The minimum absolute atomic E-state index is 0.160. The van der Waals surface area contributed by atoms with Crippen LogP contribution in [0.25, 0.3) is 0 Å². The lowest BCUT2D eigenvalue weighted by Crippen LogP contribution is -2.40. The molecule has 5 heteroatoms. The molecule has 110 valence electrons. The summed E-state index contributed by atoms with van der Waals surface area (Å²) in [4.78, 5) is 0. The SMILES string of the molecule is OC(Cc1ccc(F)c(F)c1)C1COc2ccccc2O1. The first-order valence-corrected chi connectivity index (χ1v) is 6.64. The molecule has 0 amide bonds. The fourth-order valence-corrected chi connectivity index (χ4v) is 2.26. The van der Waals surface area contributed by atoms with E-state index in [0.29, 0.717) is 17.1 Å². The van der Waals surface area contributed by atoms with Gasteiger partial charge in [0.25, 0.3) is 0 Å². The molecular weight excluding hydrogens is 278 g/mol. The third-order valence-electron chi connectivity index (χ3n) is 3.39. The molecule has 0 saturated heterocycles. The fraction of sp³-hybridized carbons (Fsp3) is 0.250. The van der Waals surface area contributed by atoms with Crippen LogP contribution in [-0.2, 0) is 6.42 Å². The second-order valence-electron chi connectivity index (χ2n) is 4.93. The van der Waals surface area contributed by atoms with Crippen LogP contribution in [0.4, 0.5) is 8.78 Å². The third-order valence-corrected chi connectivity index (χ3v) is 3.39. The first-order chi connectivity index (χ1) is 10.1. The van der Waals surface area contributed by atoms with Crippen LogP contribution in [0, 0.1) is 11.6 Å². The number of benzene rings is 2. The highest BCUT2D eigenvalue weighted by Gasteiger charge is 2.27. The second-order valence-corrected chi connectivity index (χ2v) is 4.93. The van der Waals surface area contributed by atoms with Crippen molar-refractivity contribution in [3.8, 4) is 11.5 Å². The van der Waals surface area contributed by atoms with Crippen LogP contribution in [0.15, 0.2) is 42.5 Å². The number of fused-ring (bicyclic) bond motifs is 1. The van der Waals surface area contributed by atoms with Crippen molar-refractivity contribution in [2.24, 2.45) is 0 Å². The van der Waals surface area contributed by atoms with Gasteiger partial charge in [-0.2, -0.15) is 0 Å². The quantitative estimate of drug-likeness (QED) is 0.945. The molecule has 0 spiro atoms. The topological polar surface area (TPSA) is 38.7 Å². The molecule has 0 bridgehead atoms. The summed E-state index contributed by atoms with van der Waals surface area (Å²) in [5.41, 5.74) is 0.504. The Balaban J connectivity index is 1.69. The van der Waals surface area contributed by atoms with E-state index in [9.17, 15) is 13.9 Å². The van der Waals surface area contributed by atoms with E-state index >= 15 is 0 Å². The van der Waals surface area contributed by atoms with Gasteiger partial charge in [-0.3, -0.25) is 0 Å². The lowest BCUT2D eigenvalue weighted by molar-refractivity contribution is -0.00944. The monoisotopic (exact) mass is 292 g/mol. The third kappa shape index (κ3) is 2.97. The highest BCUT2D eigenvalue weighted by atomic mass is 19.2. The molecule has 1 aliphatic rings. The van der Waals surface area contributed by atoms with Gasteiger partial charge in [-0.25, -0.2) is 8.78 Å². The molecular formula is C16H14F2O3. The van der Waals surface area contributed by atoms with Crippen molar-refractivity contribution in [1.29, 1.82) is 0 Å². The van der Waals surface area contributed by atoms with Gasteiger partial charge in [0.05, 0.1) is 6.10 Å². The molecule has 0 saturated carbocycles. The Labute approximate surface area is 120 Å². The molecule has 21 heavy (non-hydrogen) atoms. The number of halogens is 2. The van der Waals surface area contributed by atoms with Gasteiger partial charge in [-0.1, -0.05) is 18.2 Å². The fourth-order valence-electron chi connectivity index (χ4n) is 2.26. The van der Waals surface area contributed by atoms with Gasteiger partial charge in [0.2, 0.25) is 0 Å².